The third-order valence-electron chi connectivity index (χ3n) is 4.25. The van der Waals surface area contributed by atoms with Crippen molar-refractivity contribution in [3.05, 3.63) is 66.6 Å². The van der Waals surface area contributed by atoms with Gasteiger partial charge >= 0.3 is 0 Å². The molecule has 24 heavy (non-hydrogen) atoms. The molecule has 4 nitrogen and oxygen atoms in total. The molecule has 4 rings (SSSR count). The van der Waals surface area contributed by atoms with E-state index < -0.39 is 0 Å². The number of anilines is 1. The Balaban J connectivity index is 1.62. The van der Waals surface area contributed by atoms with E-state index in [0.29, 0.717) is 0 Å². The Morgan fingerprint density at radius 3 is 2.21 bits per heavy atom. The quantitative estimate of drug-likeness (QED) is 0.739. The summed E-state index contributed by atoms with van der Waals surface area (Å²) in [7, 11) is 0. The summed E-state index contributed by atoms with van der Waals surface area (Å²) in [5, 5.41) is 4.37. The summed E-state index contributed by atoms with van der Waals surface area (Å²) in [6, 6.07) is 16.8. The summed E-state index contributed by atoms with van der Waals surface area (Å²) in [6.07, 6.45) is 1.76. The van der Waals surface area contributed by atoms with Gasteiger partial charge in [0.15, 0.2) is 0 Å². The molecule has 1 aliphatic heterocycles. The largest absolute Gasteiger partial charge is 0.378 e. The first-order valence-electron chi connectivity index (χ1n) is 8.04. The molecule has 0 unspecified atom stereocenters. The molecular formula is C19H18FN3O. The van der Waals surface area contributed by atoms with E-state index in [-0.39, 0.29) is 5.82 Å². The van der Waals surface area contributed by atoms with Gasteiger partial charge in [-0.2, -0.15) is 5.10 Å². The Morgan fingerprint density at radius 1 is 0.833 bits per heavy atom. The van der Waals surface area contributed by atoms with Gasteiger partial charge in [-0.15, -0.1) is 0 Å². The monoisotopic (exact) mass is 323 g/mol. The van der Waals surface area contributed by atoms with E-state index in [1.165, 1.54) is 17.8 Å². The minimum Gasteiger partial charge on any atom is -0.378 e. The van der Waals surface area contributed by atoms with Crippen LogP contribution in [0.15, 0.2) is 60.8 Å². The van der Waals surface area contributed by atoms with E-state index >= 15 is 0 Å². The number of rotatable bonds is 3. The van der Waals surface area contributed by atoms with Crippen molar-refractivity contribution in [2.45, 2.75) is 0 Å². The van der Waals surface area contributed by atoms with Crippen LogP contribution >= 0.6 is 0 Å². The summed E-state index contributed by atoms with van der Waals surface area (Å²) in [4.78, 5) is 2.32. The van der Waals surface area contributed by atoms with Gasteiger partial charge in [0.05, 0.1) is 30.8 Å². The second kappa shape index (κ2) is 6.45. The van der Waals surface area contributed by atoms with Gasteiger partial charge in [-0.25, -0.2) is 9.07 Å². The first-order valence-corrected chi connectivity index (χ1v) is 8.04. The topological polar surface area (TPSA) is 30.3 Å². The third-order valence-corrected chi connectivity index (χ3v) is 4.25. The fraction of sp³-hybridized carbons (Fsp3) is 0.211. The molecule has 2 heterocycles. The maximum Gasteiger partial charge on any atom is 0.123 e. The maximum absolute atomic E-state index is 13.1. The molecule has 0 amide bonds. The van der Waals surface area contributed by atoms with Crippen LogP contribution in [0.3, 0.4) is 0 Å². The summed E-state index contributed by atoms with van der Waals surface area (Å²) in [6.45, 7) is 3.40. The highest BCUT2D eigenvalue weighted by Gasteiger charge is 2.12. The minimum atomic E-state index is -0.248. The van der Waals surface area contributed by atoms with Gasteiger partial charge in [0.1, 0.15) is 5.82 Å². The zero-order chi connectivity index (χ0) is 16.4. The lowest BCUT2D eigenvalue weighted by Crippen LogP contribution is -2.36. The van der Waals surface area contributed by atoms with Crippen molar-refractivity contribution in [1.29, 1.82) is 0 Å². The van der Waals surface area contributed by atoms with Crippen LogP contribution in [0, 0.1) is 5.82 Å². The molecule has 0 aliphatic carbocycles. The average molecular weight is 323 g/mol. The summed E-state index contributed by atoms with van der Waals surface area (Å²) in [5.41, 5.74) is 4.10. The first-order chi connectivity index (χ1) is 11.8. The predicted molar refractivity (Wildman–Crippen MR) is 92.0 cm³/mol. The van der Waals surface area contributed by atoms with Crippen LogP contribution in [0.1, 0.15) is 0 Å². The molecule has 0 saturated carbocycles. The first kappa shape index (κ1) is 14.9. The molecule has 1 aliphatic rings. The molecule has 0 radical (unpaired) electrons. The molecule has 0 atom stereocenters. The van der Waals surface area contributed by atoms with Gasteiger partial charge in [-0.05, 0) is 42.5 Å². The second-order valence-corrected chi connectivity index (χ2v) is 5.75. The zero-order valence-electron chi connectivity index (χ0n) is 13.2. The number of halogens is 1. The molecule has 0 spiro atoms. The van der Waals surface area contributed by atoms with Crippen LogP contribution in [0.4, 0.5) is 10.1 Å². The average Bonchev–Trinajstić information content (AvgIpc) is 3.13. The molecule has 3 aromatic rings. The Bertz CT molecular complexity index is 805. The third kappa shape index (κ3) is 2.90. The highest BCUT2D eigenvalue weighted by Crippen LogP contribution is 2.25. The Morgan fingerprint density at radius 2 is 1.50 bits per heavy atom. The highest BCUT2D eigenvalue weighted by atomic mass is 19.1. The highest BCUT2D eigenvalue weighted by molar-refractivity contribution is 5.65. The van der Waals surface area contributed by atoms with Gasteiger partial charge in [-0.1, -0.05) is 12.1 Å². The molecule has 0 N–H and O–H groups in total. The summed E-state index contributed by atoms with van der Waals surface area (Å²) < 4.78 is 20.3. The van der Waals surface area contributed by atoms with Crippen molar-refractivity contribution in [3.8, 4) is 16.9 Å². The Hall–Kier alpha value is -2.66. The Labute approximate surface area is 140 Å². The smallest absolute Gasteiger partial charge is 0.123 e. The van der Waals surface area contributed by atoms with Crippen LogP contribution in [0.5, 0.6) is 0 Å². The predicted octanol–water partition coefficient (Wildman–Crippen LogP) is 3.52. The molecular weight excluding hydrogens is 305 g/mol. The van der Waals surface area contributed by atoms with Crippen LogP contribution in [0.2, 0.25) is 0 Å². The van der Waals surface area contributed by atoms with Crippen molar-refractivity contribution in [1.82, 2.24) is 9.78 Å². The van der Waals surface area contributed by atoms with Crippen LogP contribution in [0.25, 0.3) is 16.9 Å². The number of nitrogens with zero attached hydrogens (tertiary/aromatic N) is 3. The minimum absolute atomic E-state index is 0.248. The fourth-order valence-corrected chi connectivity index (χ4v) is 2.97. The number of morpholine rings is 1. The van der Waals surface area contributed by atoms with Gasteiger partial charge in [-0.3, -0.25) is 0 Å². The fourth-order valence-electron chi connectivity index (χ4n) is 2.97. The van der Waals surface area contributed by atoms with Crippen molar-refractivity contribution < 1.29 is 9.13 Å². The normalized spacial score (nSPS) is 14.8. The lowest BCUT2D eigenvalue weighted by molar-refractivity contribution is 0.122. The molecule has 1 fully saturated rings. The molecule has 1 saturated heterocycles. The van der Waals surface area contributed by atoms with E-state index in [2.05, 4.69) is 34.3 Å². The van der Waals surface area contributed by atoms with E-state index in [0.717, 1.165) is 43.2 Å². The molecule has 0 bridgehead atoms. The van der Waals surface area contributed by atoms with Gasteiger partial charge in [0.25, 0.3) is 0 Å². The van der Waals surface area contributed by atoms with E-state index in [9.17, 15) is 4.39 Å². The molecule has 1 aromatic heterocycles. The van der Waals surface area contributed by atoms with Gasteiger partial charge in [0, 0.05) is 24.3 Å². The van der Waals surface area contributed by atoms with Crippen LogP contribution in [-0.4, -0.2) is 36.1 Å². The van der Waals surface area contributed by atoms with Crippen molar-refractivity contribution >= 4 is 5.69 Å². The number of ether oxygens (including phenoxy) is 1. The van der Waals surface area contributed by atoms with Gasteiger partial charge < -0.3 is 9.64 Å². The molecule has 5 heteroatoms. The standard InChI is InChI=1S/C19H18FN3O/c20-16-3-7-18(8-4-16)23-19(9-10-21-23)15-1-5-17(6-2-15)22-11-13-24-14-12-22/h1-10H,11-14H2. The second-order valence-electron chi connectivity index (χ2n) is 5.75. The molecule has 2 aromatic carbocycles. The molecule has 122 valence electrons. The number of hydrogen-bond donors (Lipinski definition) is 0. The Kier molecular flexibility index (Phi) is 4.01. The summed E-state index contributed by atoms with van der Waals surface area (Å²) in [5.74, 6) is -0.248. The number of hydrogen-bond acceptors (Lipinski definition) is 3. The zero-order valence-corrected chi connectivity index (χ0v) is 13.2. The van der Waals surface area contributed by atoms with E-state index in [1.54, 1.807) is 18.3 Å². The maximum atomic E-state index is 13.1. The van der Waals surface area contributed by atoms with Crippen molar-refractivity contribution in [2.24, 2.45) is 0 Å². The van der Waals surface area contributed by atoms with Crippen molar-refractivity contribution in [3.63, 3.8) is 0 Å². The SMILES string of the molecule is Fc1ccc(-n2nccc2-c2ccc(N3CCOCC3)cc2)cc1. The summed E-state index contributed by atoms with van der Waals surface area (Å²) >= 11 is 0. The lowest BCUT2D eigenvalue weighted by Gasteiger charge is -2.28. The van der Waals surface area contributed by atoms with Crippen LogP contribution in [-0.2, 0) is 4.74 Å². The number of benzene rings is 2. The van der Waals surface area contributed by atoms with Gasteiger partial charge in [0.2, 0.25) is 0 Å². The van der Waals surface area contributed by atoms with E-state index in [4.69, 9.17) is 4.74 Å². The lowest BCUT2D eigenvalue weighted by atomic mass is 10.1. The number of aromatic nitrogens is 2. The van der Waals surface area contributed by atoms with Crippen molar-refractivity contribution in [2.75, 3.05) is 31.2 Å². The van der Waals surface area contributed by atoms with Crippen LogP contribution < -0.4 is 4.90 Å². The van der Waals surface area contributed by atoms with E-state index in [1.807, 2.05) is 10.7 Å².